The molecule has 42 heavy (non-hydrogen) atoms. The van der Waals surface area contributed by atoms with Gasteiger partial charge in [-0.05, 0) is 63.4 Å². The number of carboxylic acids is 2. The lowest BCUT2D eigenvalue weighted by molar-refractivity contribution is -0.165. The summed E-state index contributed by atoms with van der Waals surface area (Å²) >= 11 is 0. The summed E-state index contributed by atoms with van der Waals surface area (Å²) in [6.07, 6.45) is 3.46. The topological polar surface area (TPSA) is 189 Å². The van der Waals surface area contributed by atoms with Crippen LogP contribution in [0.15, 0.2) is 49.2 Å². The number of carbonyl (C=O) groups is 2. The van der Waals surface area contributed by atoms with Gasteiger partial charge in [-0.1, -0.05) is 6.07 Å². The van der Waals surface area contributed by atoms with E-state index in [0.29, 0.717) is 29.7 Å². The quantitative estimate of drug-likeness (QED) is 0.185. The second-order valence-corrected chi connectivity index (χ2v) is 10.2. The van der Waals surface area contributed by atoms with Gasteiger partial charge >= 0.3 is 11.9 Å². The van der Waals surface area contributed by atoms with Crippen molar-refractivity contribution in [3.05, 3.63) is 71.8 Å². The summed E-state index contributed by atoms with van der Waals surface area (Å²) in [5.41, 5.74) is 4.22. The number of hydrogen-bond donors (Lipinski definition) is 5. The first-order chi connectivity index (χ1) is 20.0. The van der Waals surface area contributed by atoms with Crippen molar-refractivity contribution in [3.63, 3.8) is 0 Å². The first kappa shape index (κ1) is 30.3. The first-order valence-electron chi connectivity index (χ1n) is 13.2. The maximum atomic E-state index is 14.7. The van der Waals surface area contributed by atoms with Crippen molar-refractivity contribution < 1.29 is 34.4 Å². The summed E-state index contributed by atoms with van der Waals surface area (Å²) in [5.74, 6) is -1.83. The van der Waals surface area contributed by atoms with E-state index < -0.39 is 24.1 Å². The number of nitrogens with one attached hydrogen (secondary N) is 1. The van der Waals surface area contributed by atoms with Crippen molar-refractivity contribution in [1.29, 1.82) is 0 Å². The minimum Gasteiger partial charge on any atom is -0.479 e. The smallest absolute Gasteiger partial charge is 0.335 e. The van der Waals surface area contributed by atoms with Crippen LogP contribution in [-0.4, -0.2) is 73.9 Å². The van der Waals surface area contributed by atoms with Crippen molar-refractivity contribution in [2.45, 2.75) is 64.3 Å². The molecule has 1 aliphatic rings. The Hall–Kier alpha value is -4.69. The molecule has 3 aromatic heterocycles. The Bertz CT molecular complexity index is 1550. The third-order valence-corrected chi connectivity index (χ3v) is 6.61. The van der Waals surface area contributed by atoms with Crippen LogP contribution >= 0.6 is 0 Å². The number of aromatic nitrogens is 6. The number of carboxylic acid groups (broad SMARTS) is 2. The third-order valence-electron chi connectivity index (χ3n) is 6.61. The molecule has 3 heterocycles. The maximum Gasteiger partial charge on any atom is 0.335 e. The number of imidazole rings is 1. The van der Waals surface area contributed by atoms with E-state index in [9.17, 15) is 14.0 Å². The lowest BCUT2D eigenvalue weighted by Crippen LogP contribution is -2.39. The Balaban J connectivity index is 0.000000349. The Kier molecular flexibility index (Phi) is 9.28. The third kappa shape index (κ3) is 7.14. The Morgan fingerprint density at radius 3 is 2.40 bits per heavy atom. The average molecular weight is 582 g/mol. The van der Waals surface area contributed by atoms with E-state index in [2.05, 4.69) is 45.5 Å². The molecule has 0 amide bonds. The van der Waals surface area contributed by atoms with Gasteiger partial charge in [0, 0.05) is 36.0 Å². The number of rotatable bonds is 10. The van der Waals surface area contributed by atoms with Crippen molar-refractivity contribution in [2.24, 2.45) is 0 Å². The number of nitrogens with zero attached hydrogens (tertiary/aromatic N) is 6. The Morgan fingerprint density at radius 1 is 1.10 bits per heavy atom. The normalized spacial score (nSPS) is 14.2. The predicted molar refractivity (Wildman–Crippen MR) is 148 cm³/mol. The van der Waals surface area contributed by atoms with Crippen LogP contribution < -0.4 is 5.32 Å². The van der Waals surface area contributed by atoms with Crippen molar-refractivity contribution >= 4 is 17.8 Å². The lowest BCUT2D eigenvalue weighted by Gasteiger charge is -2.13. The molecule has 14 heteroatoms. The molecule has 5 rings (SSSR count). The number of hydrogen-bond acceptors (Lipinski definition) is 9. The second kappa shape index (κ2) is 12.9. The summed E-state index contributed by atoms with van der Waals surface area (Å²) in [4.78, 5) is 28.7. The van der Waals surface area contributed by atoms with Gasteiger partial charge in [0.05, 0.1) is 12.0 Å². The predicted octanol–water partition coefficient (Wildman–Crippen LogP) is 2.92. The maximum absolute atomic E-state index is 14.7. The highest BCUT2D eigenvalue weighted by Crippen LogP contribution is 2.39. The fourth-order valence-electron chi connectivity index (χ4n) is 4.10. The molecule has 1 saturated carbocycles. The number of pyridine rings is 1. The van der Waals surface area contributed by atoms with Crippen LogP contribution in [0.2, 0.25) is 0 Å². The second-order valence-electron chi connectivity index (χ2n) is 10.2. The summed E-state index contributed by atoms with van der Waals surface area (Å²) in [5, 5.41) is 44.0. The molecule has 0 bridgehead atoms. The van der Waals surface area contributed by atoms with Gasteiger partial charge in [-0.15, -0.1) is 10.2 Å². The van der Waals surface area contributed by atoms with Gasteiger partial charge in [0.25, 0.3) is 0 Å². The minimum atomic E-state index is -2.27. The van der Waals surface area contributed by atoms with E-state index >= 15 is 0 Å². The van der Waals surface area contributed by atoms with Crippen molar-refractivity contribution in [1.82, 2.24) is 29.3 Å². The summed E-state index contributed by atoms with van der Waals surface area (Å²) < 4.78 is 18.7. The van der Waals surface area contributed by atoms with E-state index in [1.807, 2.05) is 46.7 Å². The van der Waals surface area contributed by atoms with Crippen LogP contribution in [0.25, 0.3) is 17.2 Å². The lowest BCUT2D eigenvalue weighted by atomic mass is 10.1. The molecular weight excluding hydrogens is 549 g/mol. The van der Waals surface area contributed by atoms with Crippen LogP contribution in [0.5, 0.6) is 0 Å². The average Bonchev–Trinajstić information content (AvgIpc) is 3.47. The van der Waals surface area contributed by atoms with Crippen LogP contribution in [0.1, 0.15) is 55.5 Å². The summed E-state index contributed by atoms with van der Waals surface area (Å²) in [7, 11) is 0. The molecule has 1 aliphatic carbocycles. The molecule has 0 saturated heterocycles. The monoisotopic (exact) mass is 581 g/mol. The molecule has 1 fully saturated rings. The van der Waals surface area contributed by atoms with Gasteiger partial charge in [-0.2, -0.15) is 0 Å². The van der Waals surface area contributed by atoms with Crippen LogP contribution in [0, 0.1) is 12.7 Å². The van der Waals surface area contributed by atoms with Crippen LogP contribution in [0.4, 0.5) is 10.2 Å². The molecule has 0 spiro atoms. The molecule has 0 aliphatic heterocycles. The van der Waals surface area contributed by atoms with E-state index in [4.69, 9.17) is 20.4 Å². The fraction of sp³-hybridized carbons (Fsp3) is 0.357. The summed E-state index contributed by atoms with van der Waals surface area (Å²) in [6, 6.07) is 9.36. The van der Waals surface area contributed by atoms with Crippen LogP contribution in [0.3, 0.4) is 0 Å². The summed E-state index contributed by atoms with van der Waals surface area (Å²) in [6.45, 7) is 6.38. The zero-order valence-electron chi connectivity index (χ0n) is 23.2. The molecule has 1 aromatic carbocycles. The van der Waals surface area contributed by atoms with E-state index in [-0.39, 0.29) is 11.9 Å². The van der Waals surface area contributed by atoms with E-state index in [1.165, 1.54) is 12.8 Å². The first-order valence-corrected chi connectivity index (χ1v) is 13.2. The molecule has 4 aromatic rings. The molecule has 13 nitrogen and oxygen atoms in total. The van der Waals surface area contributed by atoms with Gasteiger partial charge in [0.2, 0.25) is 0 Å². The SMILES string of the molecule is Cc1cc(F)c(CNc2cccc(-c3nncn3C(C)C)n2)cc1-n1cnc(C2CC2)c1.O=C(O)[C@H](O)[C@@H](O)C(=O)O. The standard InChI is InChI=1S/C24H26FN7.C4H6O6/c1-15(2)32-14-28-30-24(32)20-5-4-6-23(29-20)26-11-18-10-22(16(3)9-19(18)25)31-12-21(27-13-31)17-7-8-17;5-1(3(7)8)2(6)4(9)10/h4-6,9-10,12-15,17H,7-8,11H2,1-3H3,(H,26,29);1-2,5-6H,(H,7,8)(H,9,10)/t;1-,2-/m.1/s1. The van der Waals surface area contributed by atoms with Gasteiger partial charge < -0.3 is 34.9 Å². The van der Waals surface area contributed by atoms with Crippen molar-refractivity contribution in [2.75, 3.05) is 5.32 Å². The van der Waals surface area contributed by atoms with Gasteiger partial charge in [0.1, 0.15) is 23.7 Å². The number of aryl methyl sites for hydroxylation is 1. The number of aliphatic hydroxyl groups is 2. The van der Waals surface area contributed by atoms with Crippen molar-refractivity contribution in [3.8, 4) is 17.2 Å². The van der Waals surface area contributed by atoms with E-state index in [0.717, 1.165) is 22.6 Å². The number of benzene rings is 1. The molecule has 5 N–H and O–H groups in total. The number of anilines is 1. The van der Waals surface area contributed by atoms with Gasteiger partial charge in [-0.3, -0.25) is 0 Å². The Morgan fingerprint density at radius 2 is 1.79 bits per heavy atom. The van der Waals surface area contributed by atoms with E-state index in [1.54, 1.807) is 12.4 Å². The number of halogens is 1. The highest BCUT2D eigenvalue weighted by Gasteiger charge is 2.29. The highest BCUT2D eigenvalue weighted by atomic mass is 19.1. The highest BCUT2D eigenvalue weighted by molar-refractivity contribution is 5.83. The zero-order chi connectivity index (χ0) is 30.6. The molecule has 0 unspecified atom stereocenters. The Labute approximate surface area is 240 Å². The van der Waals surface area contributed by atoms with Crippen LogP contribution in [-0.2, 0) is 16.1 Å². The molecule has 0 radical (unpaired) electrons. The fourth-order valence-corrected chi connectivity index (χ4v) is 4.10. The molecular formula is C28H32FN7O6. The minimum absolute atomic E-state index is 0.224. The molecule has 222 valence electrons. The van der Waals surface area contributed by atoms with Gasteiger partial charge in [0.15, 0.2) is 18.0 Å². The number of aliphatic hydroxyl groups excluding tert-OH is 2. The molecule has 2 atom stereocenters. The largest absolute Gasteiger partial charge is 0.479 e. The number of aliphatic carboxylic acids is 2. The zero-order valence-corrected chi connectivity index (χ0v) is 23.2. The van der Waals surface area contributed by atoms with Gasteiger partial charge in [-0.25, -0.2) is 23.9 Å².